The van der Waals surface area contributed by atoms with E-state index in [9.17, 15) is 0 Å². The summed E-state index contributed by atoms with van der Waals surface area (Å²) < 4.78 is 0. The molecule has 21 heavy (non-hydrogen) atoms. The lowest BCUT2D eigenvalue weighted by atomic mass is 9.94. The Morgan fingerprint density at radius 3 is 2.57 bits per heavy atom. The third kappa shape index (κ3) is 4.17. The van der Waals surface area contributed by atoms with Gasteiger partial charge in [-0.3, -0.25) is 0 Å². The first-order chi connectivity index (χ1) is 9.99. The van der Waals surface area contributed by atoms with E-state index in [0.29, 0.717) is 29.8 Å². The molecule has 2 heterocycles. The molecule has 0 spiro atoms. The number of piperidine rings is 1. The van der Waals surface area contributed by atoms with Gasteiger partial charge in [0.15, 0.2) is 0 Å². The lowest BCUT2D eigenvalue weighted by molar-refractivity contribution is 0.206. The molecule has 1 fully saturated rings. The summed E-state index contributed by atoms with van der Waals surface area (Å²) in [5.74, 6) is 2.53. The zero-order chi connectivity index (χ0) is 15.4. The molecule has 118 valence electrons. The van der Waals surface area contributed by atoms with Crippen LogP contribution in [-0.4, -0.2) is 66.7 Å². The maximum absolute atomic E-state index is 4.50. The van der Waals surface area contributed by atoms with Gasteiger partial charge >= 0.3 is 0 Å². The van der Waals surface area contributed by atoms with Crippen molar-refractivity contribution in [2.24, 2.45) is 5.92 Å². The summed E-state index contributed by atoms with van der Waals surface area (Å²) >= 11 is 0. The van der Waals surface area contributed by atoms with Crippen LogP contribution in [0, 0.1) is 5.92 Å². The minimum Gasteiger partial charge on any atom is -0.354 e. The molecule has 1 saturated heterocycles. The zero-order valence-corrected chi connectivity index (χ0v) is 13.7. The fourth-order valence-corrected chi connectivity index (χ4v) is 2.60. The molecule has 2 atom stereocenters. The van der Waals surface area contributed by atoms with Gasteiger partial charge in [0.1, 0.15) is 0 Å². The summed E-state index contributed by atoms with van der Waals surface area (Å²) in [6.07, 6.45) is 1.11. The highest BCUT2D eigenvalue weighted by molar-refractivity contribution is 5.43. The molecule has 0 aromatic carbocycles. The summed E-state index contributed by atoms with van der Waals surface area (Å²) in [4.78, 5) is 17.6. The number of aromatic nitrogens is 3. The summed E-state index contributed by atoms with van der Waals surface area (Å²) in [5.41, 5.74) is 0. The molecule has 0 radical (unpaired) electrons. The van der Waals surface area contributed by atoms with Gasteiger partial charge in [0.25, 0.3) is 0 Å². The van der Waals surface area contributed by atoms with E-state index in [1.165, 1.54) is 0 Å². The fraction of sp³-hybridized carbons (Fsp3) is 0.786. The molecule has 2 N–H and O–H groups in total. The Kier molecular flexibility index (Phi) is 5.17. The van der Waals surface area contributed by atoms with Gasteiger partial charge in [0.2, 0.25) is 17.8 Å². The van der Waals surface area contributed by atoms with Crippen molar-refractivity contribution in [1.29, 1.82) is 0 Å². The highest BCUT2D eigenvalue weighted by Gasteiger charge is 2.25. The number of hydrogen-bond donors (Lipinski definition) is 2. The number of anilines is 3. The lowest BCUT2D eigenvalue weighted by Gasteiger charge is -2.35. The highest BCUT2D eigenvalue weighted by Crippen LogP contribution is 2.20. The van der Waals surface area contributed by atoms with E-state index in [1.54, 1.807) is 0 Å². The Labute approximate surface area is 127 Å². The summed E-state index contributed by atoms with van der Waals surface area (Å²) in [5, 5.41) is 6.65. The summed E-state index contributed by atoms with van der Waals surface area (Å²) in [7, 11) is 6.04. The van der Waals surface area contributed by atoms with Crippen LogP contribution in [0.15, 0.2) is 0 Å². The van der Waals surface area contributed by atoms with Gasteiger partial charge in [-0.2, -0.15) is 15.0 Å². The van der Waals surface area contributed by atoms with E-state index in [-0.39, 0.29) is 0 Å². The number of nitrogens with one attached hydrogen (secondary N) is 2. The smallest absolute Gasteiger partial charge is 0.231 e. The topological polar surface area (TPSA) is 69.2 Å². The third-order valence-electron chi connectivity index (χ3n) is 3.78. The summed E-state index contributed by atoms with van der Waals surface area (Å²) in [6.45, 7) is 7.30. The van der Waals surface area contributed by atoms with Gasteiger partial charge in [-0.1, -0.05) is 6.92 Å². The van der Waals surface area contributed by atoms with Gasteiger partial charge in [-0.25, -0.2) is 0 Å². The second-order valence-electron chi connectivity index (χ2n) is 5.99. The quantitative estimate of drug-likeness (QED) is 0.843. The average Bonchev–Trinajstić information content (AvgIpc) is 2.42. The number of nitrogens with zero attached hydrogens (tertiary/aromatic N) is 5. The molecule has 0 amide bonds. The highest BCUT2D eigenvalue weighted by atomic mass is 15.3. The Balaban J connectivity index is 2.14. The molecule has 0 aliphatic carbocycles. The Morgan fingerprint density at radius 1 is 1.24 bits per heavy atom. The molecule has 7 heteroatoms. The second-order valence-corrected chi connectivity index (χ2v) is 5.99. The molecule has 1 aliphatic rings. The molecule has 1 aromatic heterocycles. The molecule has 0 saturated carbocycles. The maximum atomic E-state index is 4.50. The third-order valence-corrected chi connectivity index (χ3v) is 3.78. The Hall–Kier alpha value is -1.63. The Morgan fingerprint density at radius 2 is 1.95 bits per heavy atom. The van der Waals surface area contributed by atoms with Crippen LogP contribution in [0.4, 0.5) is 17.8 Å². The van der Waals surface area contributed by atoms with Crippen molar-refractivity contribution >= 4 is 17.8 Å². The molecule has 1 aromatic rings. The second kappa shape index (κ2) is 6.89. The number of likely N-dealkylation sites (tertiary alicyclic amines) is 1. The van der Waals surface area contributed by atoms with Crippen LogP contribution in [0.25, 0.3) is 0 Å². The summed E-state index contributed by atoms with van der Waals surface area (Å²) in [6, 6.07) is 0.410. The predicted molar refractivity (Wildman–Crippen MR) is 87.0 cm³/mol. The van der Waals surface area contributed by atoms with Crippen molar-refractivity contribution in [1.82, 2.24) is 19.9 Å². The van der Waals surface area contributed by atoms with Gasteiger partial charge < -0.3 is 20.4 Å². The molecule has 1 aliphatic heterocycles. The SMILES string of the molecule is CCNc1nc(NC2CCN(C)CC2C)nc(N(C)C)n1. The molecule has 2 rings (SSSR count). The Bertz CT molecular complexity index is 463. The van der Waals surface area contributed by atoms with E-state index < -0.39 is 0 Å². The van der Waals surface area contributed by atoms with Crippen molar-refractivity contribution in [3.8, 4) is 0 Å². The van der Waals surface area contributed by atoms with E-state index in [2.05, 4.69) is 44.5 Å². The first-order valence-electron chi connectivity index (χ1n) is 7.62. The van der Waals surface area contributed by atoms with Gasteiger partial charge in [-0.05, 0) is 32.9 Å². The van der Waals surface area contributed by atoms with Crippen LogP contribution in [-0.2, 0) is 0 Å². The molecule has 2 unspecified atom stereocenters. The average molecular weight is 293 g/mol. The van der Waals surface area contributed by atoms with E-state index in [1.807, 2.05) is 25.9 Å². The van der Waals surface area contributed by atoms with Crippen molar-refractivity contribution in [2.75, 3.05) is 56.3 Å². The van der Waals surface area contributed by atoms with Crippen molar-refractivity contribution in [3.63, 3.8) is 0 Å². The van der Waals surface area contributed by atoms with Crippen LogP contribution >= 0.6 is 0 Å². The van der Waals surface area contributed by atoms with Crippen LogP contribution in [0.5, 0.6) is 0 Å². The molecular weight excluding hydrogens is 266 g/mol. The molecular formula is C14H27N7. The fourth-order valence-electron chi connectivity index (χ4n) is 2.60. The molecule has 0 bridgehead atoms. The monoisotopic (exact) mass is 293 g/mol. The van der Waals surface area contributed by atoms with Crippen LogP contribution < -0.4 is 15.5 Å². The lowest BCUT2D eigenvalue weighted by Crippen LogP contribution is -2.43. The minimum atomic E-state index is 0.410. The van der Waals surface area contributed by atoms with Crippen molar-refractivity contribution in [3.05, 3.63) is 0 Å². The van der Waals surface area contributed by atoms with Crippen LogP contribution in [0.3, 0.4) is 0 Å². The first-order valence-corrected chi connectivity index (χ1v) is 7.62. The maximum Gasteiger partial charge on any atom is 0.231 e. The largest absolute Gasteiger partial charge is 0.354 e. The van der Waals surface area contributed by atoms with E-state index in [4.69, 9.17) is 0 Å². The normalized spacial score (nSPS) is 22.9. The van der Waals surface area contributed by atoms with Crippen LogP contribution in [0.2, 0.25) is 0 Å². The standard InChI is InChI=1S/C14H27N7/c1-6-15-12-17-13(19-14(18-12)20(3)4)16-11-7-8-21(5)9-10(11)2/h10-11H,6-9H2,1-5H3,(H2,15,16,17,18,19). The zero-order valence-electron chi connectivity index (χ0n) is 13.7. The van der Waals surface area contributed by atoms with Crippen molar-refractivity contribution < 1.29 is 0 Å². The number of hydrogen-bond acceptors (Lipinski definition) is 7. The van der Waals surface area contributed by atoms with E-state index >= 15 is 0 Å². The first kappa shape index (κ1) is 15.8. The van der Waals surface area contributed by atoms with E-state index in [0.717, 1.165) is 26.1 Å². The van der Waals surface area contributed by atoms with Gasteiger partial charge in [0, 0.05) is 33.2 Å². The van der Waals surface area contributed by atoms with Gasteiger partial charge in [-0.15, -0.1) is 0 Å². The van der Waals surface area contributed by atoms with Gasteiger partial charge in [0.05, 0.1) is 0 Å². The number of rotatable bonds is 5. The minimum absolute atomic E-state index is 0.410. The van der Waals surface area contributed by atoms with Crippen molar-refractivity contribution in [2.45, 2.75) is 26.3 Å². The van der Waals surface area contributed by atoms with Crippen LogP contribution in [0.1, 0.15) is 20.3 Å². The molecule has 7 nitrogen and oxygen atoms in total. The predicted octanol–water partition coefficient (Wildman–Crippen LogP) is 1.12.